The van der Waals surface area contributed by atoms with Crippen molar-refractivity contribution in [3.63, 3.8) is 0 Å². The third kappa shape index (κ3) is 0.997. The number of amides is 1. The van der Waals surface area contributed by atoms with Gasteiger partial charge in [-0.1, -0.05) is 0 Å². The Bertz CT molecular complexity index is 405. The Hall–Kier alpha value is -1.59. The Morgan fingerprint density at radius 3 is 2.86 bits per heavy atom. The maximum absolute atomic E-state index is 11.4. The van der Waals surface area contributed by atoms with E-state index in [1.165, 1.54) is 12.1 Å². The number of carbonyl (C=O) groups excluding carboxylic acids is 1. The molecule has 0 fully saturated rings. The Morgan fingerprint density at radius 2 is 2.21 bits per heavy atom. The van der Waals surface area contributed by atoms with Gasteiger partial charge in [0.1, 0.15) is 11.3 Å². The van der Waals surface area contributed by atoms with Crippen LogP contribution >= 0.6 is 0 Å². The van der Waals surface area contributed by atoms with Gasteiger partial charge in [0.25, 0.3) is 5.91 Å². The monoisotopic (exact) mass is 194 g/mol. The highest BCUT2D eigenvalue weighted by Crippen LogP contribution is 2.35. The number of anilines is 1. The second-order valence-corrected chi connectivity index (χ2v) is 3.31. The van der Waals surface area contributed by atoms with Crippen molar-refractivity contribution in [1.82, 2.24) is 0 Å². The summed E-state index contributed by atoms with van der Waals surface area (Å²) in [6, 6.07) is 4.37. The molecular weight excluding hydrogens is 184 g/mol. The second kappa shape index (κ2) is 2.70. The molecule has 0 spiro atoms. The van der Waals surface area contributed by atoms with E-state index in [4.69, 9.17) is 10.8 Å². The number of aliphatic hydroxyl groups excluding tert-OH is 1. The van der Waals surface area contributed by atoms with Crippen LogP contribution in [-0.4, -0.2) is 22.7 Å². The summed E-state index contributed by atoms with van der Waals surface area (Å²) in [5.41, 5.74) is 5.23. The van der Waals surface area contributed by atoms with Crippen LogP contribution in [0.2, 0.25) is 0 Å². The van der Waals surface area contributed by atoms with Crippen molar-refractivity contribution in [3.05, 3.63) is 23.8 Å². The van der Waals surface area contributed by atoms with Gasteiger partial charge in [-0.05, 0) is 18.2 Å². The highest BCUT2D eigenvalue weighted by Gasteiger charge is 2.43. The molecule has 2 rings (SSSR count). The number of nitrogens with two attached hydrogens (primary N) is 1. The molecule has 1 unspecified atom stereocenters. The van der Waals surface area contributed by atoms with Crippen molar-refractivity contribution in [2.75, 3.05) is 11.9 Å². The summed E-state index contributed by atoms with van der Waals surface area (Å²) in [7, 11) is 0. The number of nitrogens with one attached hydrogen (secondary N) is 1. The number of hydrogen-bond acceptors (Lipinski definition) is 4. The molecule has 5 N–H and O–H groups in total. The molecule has 1 aliphatic heterocycles. The van der Waals surface area contributed by atoms with E-state index in [1.54, 1.807) is 6.07 Å². The highest BCUT2D eigenvalue weighted by atomic mass is 16.3. The molecule has 0 aromatic heterocycles. The number of carbonyl (C=O) groups is 1. The molecule has 1 atom stereocenters. The third-order valence-electron chi connectivity index (χ3n) is 2.39. The number of phenols is 1. The van der Waals surface area contributed by atoms with E-state index < -0.39 is 18.1 Å². The topological polar surface area (TPSA) is 95.6 Å². The number of benzene rings is 1. The normalized spacial score (nSPS) is 24.6. The smallest absolute Gasteiger partial charge is 0.251 e. The molecule has 1 amide bonds. The van der Waals surface area contributed by atoms with Crippen molar-refractivity contribution >= 4 is 11.6 Å². The van der Waals surface area contributed by atoms with Crippen molar-refractivity contribution < 1.29 is 15.0 Å². The van der Waals surface area contributed by atoms with E-state index in [9.17, 15) is 9.90 Å². The number of fused-ring (bicyclic) bond motifs is 1. The first-order valence-corrected chi connectivity index (χ1v) is 4.12. The number of rotatable bonds is 1. The van der Waals surface area contributed by atoms with E-state index in [-0.39, 0.29) is 5.75 Å². The van der Waals surface area contributed by atoms with Crippen LogP contribution in [0.4, 0.5) is 5.69 Å². The fourth-order valence-corrected chi connectivity index (χ4v) is 1.52. The Morgan fingerprint density at radius 1 is 1.50 bits per heavy atom. The summed E-state index contributed by atoms with van der Waals surface area (Å²) >= 11 is 0. The van der Waals surface area contributed by atoms with Crippen LogP contribution in [0.25, 0.3) is 0 Å². The number of aliphatic hydroxyl groups is 1. The van der Waals surface area contributed by atoms with E-state index in [2.05, 4.69) is 5.32 Å². The lowest BCUT2D eigenvalue weighted by atomic mass is 9.93. The molecule has 0 aliphatic carbocycles. The third-order valence-corrected chi connectivity index (χ3v) is 2.39. The Kier molecular flexibility index (Phi) is 1.73. The van der Waals surface area contributed by atoms with Crippen molar-refractivity contribution in [1.29, 1.82) is 0 Å². The van der Waals surface area contributed by atoms with Crippen LogP contribution in [0, 0.1) is 0 Å². The largest absolute Gasteiger partial charge is 0.508 e. The summed E-state index contributed by atoms with van der Waals surface area (Å²) in [5, 5.41) is 20.8. The predicted molar refractivity (Wildman–Crippen MR) is 49.7 cm³/mol. The minimum absolute atomic E-state index is 0.0172. The van der Waals surface area contributed by atoms with Crippen LogP contribution in [0.5, 0.6) is 5.75 Å². The number of hydrogen-bond donors (Lipinski definition) is 4. The summed E-state index contributed by atoms with van der Waals surface area (Å²) in [5.74, 6) is -0.441. The second-order valence-electron chi connectivity index (χ2n) is 3.31. The Balaban J connectivity index is 2.61. The molecule has 1 aromatic rings. The van der Waals surface area contributed by atoms with Gasteiger partial charge in [-0.25, -0.2) is 0 Å². The molecule has 5 nitrogen and oxygen atoms in total. The van der Waals surface area contributed by atoms with Gasteiger partial charge in [-0.3, -0.25) is 4.79 Å². The molecule has 1 heterocycles. The summed E-state index contributed by atoms with van der Waals surface area (Å²) < 4.78 is 0. The molecule has 0 bridgehead atoms. The van der Waals surface area contributed by atoms with Crippen LogP contribution < -0.4 is 11.1 Å². The predicted octanol–water partition coefficient (Wildman–Crippen LogP) is -0.509. The van der Waals surface area contributed by atoms with E-state index in [0.717, 1.165) is 0 Å². The zero-order chi connectivity index (χ0) is 10.3. The molecular formula is C9H10N2O3. The molecule has 1 aromatic carbocycles. The van der Waals surface area contributed by atoms with Gasteiger partial charge >= 0.3 is 0 Å². The number of phenolic OH excluding ortho intramolecular Hbond substituents is 1. The molecule has 0 saturated carbocycles. The quantitative estimate of drug-likeness (QED) is 0.453. The maximum Gasteiger partial charge on any atom is 0.251 e. The lowest BCUT2D eigenvalue weighted by Gasteiger charge is -2.18. The fraction of sp³-hybridized carbons (Fsp3) is 0.222. The lowest BCUT2D eigenvalue weighted by Crippen LogP contribution is -2.46. The first kappa shape index (κ1) is 8.98. The number of aromatic hydroxyl groups is 1. The standard InChI is InChI=1S/C9H10N2O3/c10-9(4-12)6-3-5(13)1-2-7(6)11-8(9)14/h1-3,12-13H,4,10H2,(H,11,14). The van der Waals surface area contributed by atoms with Gasteiger partial charge in [0.2, 0.25) is 0 Å². The average Bonchev–Trinajstić information content (AvgIpc) is 2.41. The van der Waals surface area contributed by atoms with E-state index in [0.29, 0.717) is 11.3 Å². The van der Waals surface area contributed by atoms with Crippen LogP contribution in [0.1, 0.15) is 5.56 Å². The van der Waals surface area contributed by atoms with Crippen molar-refractivity contribution in [3.8, 4) is 5.75 Å². The van der Waals surface area contributed by atoms with Gasteiger partial charge in [-0.2, -0.15) is 0 Å². The summed E-state index contributed by atoms with van der Waals surface area (Å²) in [6.45, 7) is -0.491. The SMILES string of the molecule is NC1(CO)C(=O)Nc2ccc(O)cc21. The summed E-state index contributed by atoms with van der Waals surface area (Å²) in [6.07, 6.45) is 0. The first-order chi connectivity index (χ1) is 6.58. The fourth-order valence-electron chi connectivity index (χ4n) is 1.52. The molecule has 1 aliphatic rings. The molecule has 5 heteroatoms. The lowest BCUT2D eigenvalue weighted by molar-refractivity contribution is -0.122. The molecule has 74 valence electrons. The molecule has 0 radical (unpaired) electrons. The van der Waals surface area contributed by atoms with Gasteiger partial charge in [0.15, 0.2) is 0 Å². The minimum atomic E-state index is -1.44. The highest BCUT2D eigenvalue weighted by molar-refractivity contribution is 6.06. The van der Waals surface area contributed by atoms with Crippen LogP contribution in [0.3, 0.4) is 0 Å². The van der Waals surface area contributed by atoms with Crippen LogP contribution in [0.15, 0.2) is 18.2 Å². The van der Waals surface area contributed by atoms with E-state index in [1.807, 2.05) is 0 Å². The first-order valence-electron chi connectivity index (χ1n) is 4.12. The van der Waals surface area contributed by atoms with Gasteiger partial charge in [0, 0.05) is 11.3 Å². The Labute approximate surface area is 80.2 Å². The molecule has 0 saturated heterocycles. The molecule has 14 heavy (non-hydrogen) atoms. The zero-order valence-corrected chi connectivity index (χ0v) is 7.32. The van der Waals surface area contributed by atoms with E-state index >= 15 is 0 Å². The summed E-state index contributed by atoms with van der Waals surface area (Å²) in [4.78, 5) is 11.4. The van der Waals surface area contributed by atoms with Gasteiger partial charge in [-0.15, -0.1) is 0 Å². The van der Waals surface area contributed by atoms with Gasteiger partial charge in [0.05, 0.1) is 6.61 Å². The van der Waals surface area contributed by atoms with Crippen LogP contribution in [-0.2, 0) is 10.3 Å². The van der Waals surface area contributed by atoms with Crippen molar-refractivity contribution in [2.24, 2.45) is 5.73 Å². The maximum atomic E-state index is 11.4. The van der Waals surface area contributed by atoms with Gasteiger partial charge < -0.3 is 21.3 Å². The zero-order valence-electron chi connectivity index (χ0n) is 7.32. The minimum Gasteiger partial charge on any atom is -0.508 e. The average molecular weight is 194 g/mol. The van der Waals surface area contributed by atoms with Crippen molar-refractivity contribution in [2.45, 2.75) is 5.54 Å².